The van der Waals surface area contributed by atoms with Crippen molar-refractivity contribution in [2.45, 2.75) is 0 Å². The zero-order valence-corrected chi connectivity index (χ0v) is 19.9. The Hall–Kier alpha value is -4.23. The first-order valence-electron chi connectivity index (χ1n) is 10.9. The van der Waals surface area contributed by atoms with E-state index in [0.29, 0.717) is 38.3 Å². The summed E-state index contributed by atoms with van der Waals surface area (Å²) in [5.74, 6) is 0.596. The number of ether oxygens (including phenoxy) is 2. The number of halogens is 1. The molecule has 0 radical (unpaired) electrons. The number of hydrogen-bond donors (Lipinski definition) is 1. The maximum Gasteiger partial charge on any atom is 0.256 e. The van der Waals surface area contributed by atoms with Crippen LogP contribution in [0, 0.1) is 5.82 Å². The van der Waals surface area contributed by atoms with Crippen LogP contribution in [0.15, 0.2) is 84.9 Å². The molecule has 5 aromatic rings. The highest BCUT2D eigenvalue weighted by Crippen LogP contribution is 2.40. The number of benzene rings is 4. The van der Waals surface area contributed by atoms with Crippen molar-refractivity contribution in [2.24, 2.45) is 0 Å². The van der Waals surface area contributed by atoms with Gasteiger partial charge in [-0.25, -0.2) is 9.37 Å². The average Bonchev–Trinajstić information content (AvgIpc) is 3.31. The second-order valence-electron chi connectivity index (χ2n) is 7.75. The van der Waals surface area contributed by atoms with Gasteiger partial charge in [-0.3, -0.25) is 4.79 Å². The zero-order valence-electron chi connectivity index (χ0n) is 19.0. The molecule has 0 unspecified atom stereocenters. The summed E-state index contributed by atoms with van der Waals surface area (Å²) in [6.45, 7) is 0. The maximum atomic E-state index is 13.6. The van der Waals surface area contributed by atoms with Crippen LogP contribution in [0.25, 0.3) is 32.6 Å². The van der Waals surface area contributed by atoms with Crippen LogP contribution >= 0.6 is 11.3 Å². The zero-order chi connectivity index (χ0) is 24.4. The van der Waals surface area contributed by atoms with E-state index in [1.165, 1.54) is 23.5 Å². The van der Waals surface area contributed by atoms with Crippen LogP contribution in [0.5, 0.6) is 11.5 Å². The third-order valence-corrected chi connectivity index (χ3v) is 6.66. The number of rotatable bonds is 6. The van der Waals surface area contributed by atoms with Crippen molar-refractivity contribution >= 4 is 33.0 Å². The molecule has 0 aliphatic rings. The first-order valence-corrected chi connectivity index (χ1v) is 11.7. The lowest BCUT2D eigenvalue weighted by molar-refractivity contribution is 0.102. The molecule has 1 N–H and O–H groups in total. The lowest BCUT2D eigenvalue weighted by Gasteiger charge is -2.08. The highest BCUT2D eigenvalue weighted by molar-refractivity contribution is 7.19. The molecule has 0 saturated heterocycles. The van der Waals surface area contributed by atoms with Gasteiger partial charge in [0.05, 0.1) is 14.2 Å². The molecular weight excluding hydrogens is 463 g/mol. The molecular formula is C28H21FN2O3S. The highest BCUT2D eigenvalue weighted by Gasteiger charge is 2.19. The molecule has 174 valence electrons. The van der Waals surface area contributed by atoms with E-state index in [4.69, 9.17) is 14.5 Å². The number of aromatic nitrogens is 1. The molecule has 1 heterocycles. The fraction of sp³-hybridized carbons (Fsp3) is 0.0714. The summed E-state index contributed by atoms with van der Waals surface area (Å²) in [5.41, 5.74) is 2.63. The van der Waals surface area contributed by atoms with Crippen LogP contribution in [0.2, 0.25) is 0 Å². The van der Waals surface area contributed by atoms with E-state index in [-0.39, 0.29) is 11.7 Å². The standard InChI is InChI=1S/C28H21FN2O3S/c1-33-23-15-12-19(16-24(23)34-2)27-30-25(18-10-13-20(29)14-11-18)28(35-27)31-26(32)22-9-5-7-17-6-3-4-8-21(17)22/h3-16H,1-2H3,(H,31,32). The number of nitrogens with zero attached hydrogens (tertiary/aromatic N) is 1. The Morgan fingerprint density at radius 2 is 1.57 bits per heavy atom. The van der Waals surface area contributed by atoms with Gasteiger partial charge in [0.1, 0.15) is 21.5 Å². The minimum Gasteiger partial charge on any atom is -0.493 e. The van der Waals surface area contributed by atoms with Crippen molar-refractivity contribution in [2.75, 3.05) is 19.5 Å². The molecule has 1 aromatic heterocycles. The van der Waals surface area contributed by atoms with Crippen LogP contribution in [0.3, 0.4) is 0 Å². The first-order chi connectivity index (χ1) is 17.1. The van der Waals surface area contributed by atoms with Crippen LogP contribution in [-0.2, 0) is 0 Å². The number of fused-ring (bicyclic) bond motifs is 1. The lowest BCUT2D eigenvalue weighted by atomic mass is 10.0. The molecule has 1 amide bonds. The van der Waals surface area contributed by atoms with Crippen LogP contribution < -0.4 is 14.8 Å². The fourth-order valence-electron chi connectivity index (χ4n) is 3.89. The summed E-state index contributed by atoms with van der Waals surface area (Å²) < 4.78 is 24.4. The number of hydrogen-bond acceptors (Lipinski definition) is 5. The molecule has 5 nitrogen and oxygen atoms in total. The quantitative estimate of drug-likeness (QED) is 0.281. The second kappa shape index (κ2) is 9.56. The van der Waals surface area contributed by atoms with E-state index in [1.54, 1.807) is 32.4 Å². The van der Waals surface area contributed by atoms with E-state index >= 15 is 0 Å². The summed E-state index contributed by atoms with van der Waals surface area (Å²) in [6.07, 6.45) is 0. The summed E-state index contributed by atoms with van der Waals surface area (Å²) in [5, 5.41) is 6.13. The molecule has 0 saturated carbocycles. The molecule has 4 aromatic carbocycles. The van der Waals surface area contributed by atoms with Crippen molar-refractivity contribution in [3.63, 3.8) is 0 Å². The number of amides is 1. The first kappa shape index (κ1) is 22.6. The Morgan fingerprint density at radius 3 is 2.34 bits per heavy atom. The van der Waals surface area contributed by atoms with E-state index in [0.717, 1.165) is 16.3 Å². The highest BCUT2D eigenvalue weighted by atomic mass is 32.1. The van der Waals surface area contributed by atoms with Gasteiger partial charge in [0.25, 0.3) is 5.91 Å². The van der Waals surface area contributed by atoms with Crippen LogP contribution in [0.1, 0.15) is 10.4 Å². The molecule has 35 heavy (non-hydrogen) atoms. The van der Waals surface area contributed by atoms with Gasteiger partial charge >= 0.3 is 0 Å². The largest absolute Gasteiger partial charge is 0.493 e. The summed E-state index contributed by atoms with van der Waals surface area (Å²) >= 11 is 1.34. The molecule has 0 spiro atoms. The van der Waals surface area contributed by atoms with Crippen LogP contribution in [0.4, 0.5) is 9.39 Å². The third kappa shape index (κ3) is 4.46. The van der Waals surface area contributed by atoms with Crippen LogP contribution in [-0.4, -0.2) is 25.1 Å². The Bertz CT molecular complexity index is 1520. The topological polar surface area (TPSA) is 60.5 Å². The number of anilines is 1. The Morgan fingerprint density at radius 1 is 0.857 bits per heavy atom. The summed E-state index contributed by atoms with van der Waals surface area (Å²) in [6, 6.07) is 24.9. The van der Waals surface area contributed by atoms with E-state index in [2.05, 4.69) is 5.32 Å². The SMILES string of the molecule is COc1ccc(-c2nc(-c3ccc(F)cc3)c(NC(=O)c3cccc4ccccc34)s2)cc1OC. The smallest absolute Gasteiger partial charge is 0.256 e. The number of carbonyl (C=O) groups is 1. The van der Waals surface area contributed by atoms with Gasteiger partial charge in [0, 0.05) is 16.7 Å². The second-order valence-corrected chi connectivity index (χ2v) is 8.75. The van der Waals surface area contributed by atoms with Gasteiger partial charge in [-0.1, -0.05) is 47.7 Å². The van der Waals surface area contributed by atoms with Gasteiger partial charge in [0.15, 0.2) is 11.5 Å². The molecule has 5 rings (SSSR count). The minimum absolute atomic E-state index is 0.243. The molecule has 0 aliphatic carbocycles. The van der Waals surface area contributed by atoms with Crippen molar-refractivity contribution < 1.29 is 18.7 Å². The maximum absolute atomic E-state index is 13.6. The number of nitrogens with one attached hydrogen (secondary N) is 1. The molecule has 0 aliphatic heterocycles. The predicted octanol–water partition coefficient (Wildman–Crippen LogP) is 7.04. The number of carbonyl (C=O) groups excluding carboxylic acids is 1. The third-order valence-electron chi connectivity index (χ3n) is 5.64. The minimum atomic E-state index is -0.342. The number of methoxy groups -OCH3 is 2. The Balaban J connectivity index is 1.58. The molecule has 0 fully saturated rings. The van der Waals surface area contributed by atoms with Crippen molar-refractivity contribution in [3.05, 3.63) is 96.3 Å². The Labute approximate surface area is 205 Å². The fourth-order valence-corrected chi connectivity index (χ4v) is 4.87. The van der Waals surface area contributed by atoms with E-state index in [9.17, 15) is 9.18 Å². The van der Waals surface area contributed by atoms with Gasteiger partial charge in [-0.2, -0.15) is 0 Å². The normalized spacial score (nSPS) is 10.8. The monoisotopic (exact) mass is 484 g/mol. The summed E-state index contributed by atoms with van der Waals surface area (Å²) in [4.78, 5) is 18.2. The van der Waals surface area contributed by atoms with Gasteiger partial charge < -0.3 is 14.8 Å². The predicted molar refractivity (Wildman–Crippen MR) is 138 cm³/mol. The molecule has 0 bridgehead atoms. The van der Waals surface area contributed by atoms with Crippen molar-refractivity contribution in [1.82, 2.24) is 4.98 Å². The van der Waals surface area contributed by atoms with E-state index in [1.807, 2.05) is 54.6 Å². The van der Waals surface area contributed by atoms with Gasteiger partial charge in [0.2, 0.25) is 0 Å². The molecule has 0 atom stereocenters. The van der Waals surface area contributed by atoms with Gasteiger partial charge in [-0.05, 0) is 59.3 Å². The van der Waals surface area contributed by atoms with E-state index < -0.39 is 0 Å². The molecule has 7 heteroatoms. The summed E-state index contributed by atoms with van der Waals surface area (Å²) in [7, 11) is 3.15. The number of thiazole rings is 1. The Kier molecular flexibility index (Phi) is 6.16. The van der Waals surface area contributed by atoms with Crippen molar-refractivity contribution in [1.29, 1.82) is 0 Å². The lowest BCUT2D eigenvalue weighted by Crippen LogP contribution is -2.12. The average molecular weight is 485 g/mol. The van der Waals surface area contributed by atoms with Gasteiger partial charge in [-0.15, -0.1) is 0 Å². The van der Waals surface area contributed by atoms with Crippen molar-refractivity contribution in [3.8, 4) is 33.3 Å².